The van der Waals surface area contributed by atoms with Gasteiger partial charge in [-0.2, -0.15) is 0 Å². The van der Waals surface area contributed by atoms with Crippen LogP contribution in [0.25, 0.3) is 0 Å². The Morgan fingerprint density at radius 3 is 1.71 bits per heavy atom. The van der Waals surface area contributed by atoms with Gasteiger partial charge in [0.2, 0.25) is 0 Å². The number of benzene rings is 2. The normalized spacial score (nSPS) is 13.6. The highest BCUT2D eigenvalue weighted by Gasteiger charge is 2.33. The van der Waals surface area contributed by atoms with Crippen molar-refractivity contribution in [2.24, 2.45) is 0 Å². The van der Waals surface area contributed by atoms with E-state index in [-0.39, 0.29) is 63.6 Å². The van der Waals surface area contributed by atoms with Crippen LogP contribution in [0.5, 0.6) is 11.5 Å². The minimum Gasteiger partial charge on any atom is -0.508 e. The Labute approximate surface area is 201 Å². The highest BCUT2D eigenvalue weighted by Crippen LogP contribution is 2.20. The molecule has 2 aromatic carbocycles. The van der Waals surface area contributed by atoms with E-state index in [1.165, 1.54) is 12.1 Å². The number of phenolic OH excluding ortho intramolecular Hbond substituents is 2. The molecule has 0 radical (unpaired) electrons. The summed E-state index contributed by atoms with van der Waals surface area (Å²) in [6.45, 7) is 0.0456. The summed E-state index contributed by atoms with van der Waals surface area (Å²) in [5, 5.41) is 30.0. The number of hydrogen-bond acceptors (Lipinski definition) is 9. The lowest BCUT2D eigenvalue weighted by Gasteiger charge is -2.27. The van der Waals surface area contributed by atoms with Gasteiger partial charge in [0.15, 0.2) is 0 Å². The second kappa shape index (κ2) is 12.0. The van der Waals surface area contributed by atoms with Crippen molar-refractivity contribution in [2.75, 3.05) is 26.2 Å². The average Bonchev–Trinajstić information content (AvgIpc) is 3.12. The lowest BCUT2D eigenvalue weighted by Crippen LogP contribution is -2.41. The fourth-order valence-corrected chi connectivity index (χ4v) is 3.64. The lowest BCUT2D eigenvalue weighted by molar-refractivity contribution is -0.198. The Morgan fingerprint density at radius 2 is 1.26 bits per heavy atom. The van der Waals surface area contributed by atoms with E-state index in [0.29, 0.717) is 16.2 Å². The van der Waals surface area contributed by atoms with Crippen LogP contribution in [0.3, 0.4) is 0 Å². The summed E-state index contributed by atoms with van der Waals surface area (Å²) < 4.78 is 0. The number of carbonyl (C=O) groups is 4. The van der Waals surface area contributed by atoms with Gasteiger partial charge in [0.1, 0.15) is 11.5 Å². The standard InChI is InChI=1S/C24H27N3O8/c28-19-7-3-1-5-17(19)13-25(15-23(32)33)11-12-26(14-18-6-2-4-8-20(18)29)16-24(34)35-27-21(30)9-10-22(27)31/h1-8,28-29H,9-16H2,(H,32,33). The van der Waals surface area contributed by atoms with Crippen LogP contribution < -0.4 is 0 Å². The van der Waals surface area contributed by atoms with Gasteiger partial charge in [0.25, 0.3) is 11.8 Å². The predicted molar refractivity (Wildman–Crippen MR) is 122 cm³/mol. The monoisotopic (exact) mass is 485 g/mol. The van der Waals surface area contributed by atoms with Crippen molar-refractivity contribution in [3.63, 3.8) is 0 Å². The number of imide groups is 1. The number of phenols is 2. The van der Waals surface area contributed by atoms with Gasteiger partial charge in [0, 0.05) is 50.1 Å². The van der Waals surface area contributed by atoms with Crippen molar-refractivity contribution < 1.29 is 39.3 Å². The molecule has 186 valence electrons. The van der Waals surface area contributed by atoms with Crippen LogP contribution in [0, 0.1) is 0 Å². The van der Waals surface area contributed by atoms with E-state index in [1.807, 2.05) is 0 Å². The van der Waals surface area contributed by atoms with Crippen LogP contribution in [0.2, 0.25) is 0 Å². The maximum atomic E-state index is 12.5. The third kappa shape index (κ3) is 7.52. The van der Waals surface area contributed by atoms with Gasteiger partial charge in [-0.15, -0.1) is 5.06 Å². The first-order chi connectivity index (χ1) is 16.7. The molecule has 0 saturated carbocycles. The molecule has 0 spiro atoms. The van der Waals surface area contributed by atoms with Gasteiger partial charge in [-0.25, -0.2) is 4.79 Å². The van der Waals surface area contributed by atoms with Gasteiger partial charge in [-0.3, -0.25) is 24.2 Å². The molecule has 1 aliphatic rings. The molecule has 0 aliphatic carbocycles. The van der Waals surface area contributed by atoms with E-state index in [2.05, 4.69) is 0 Å². The number of carbonyl (C=O) groups excluding carboxylic acids is 3. The first-order valence-electron chi connectivity index (χ1n) is 11.0. The molecule has 0 atom stereocenters. The van der Waals surface area contributed by atoms with Crippen molar-refractivity contribution in [3.05, 3.63) is 59.7 Å². The Balaban J connectivity index is 1.71. The summed E-state index contributed by atoms with van der Waals surface area (Å²) in [4.78, 5) is 55.6. The van der Waals surface area contributed by atoms with Gasteiger partial charge >= 0.3 is 11.9 Å². The van der Waals surface area contributed by atoms with Crippen LogP contribution in [0.15, 0.2) is 48.5 Å². The zero-order valence-electron chi connectivity index (χ0n) is 19.0. The summed E-state index contributed by atoms with van der Waals surface area (Å²) in [5.41, 5.74) is 1.07. The van der Waals surface area contributed by atoms with Crippen molar-refractivity contribution in [3.8, 4) is 11.5 Å². The SMILES string of the molecule is O=C(O)CN(CCN(CC(=O)ON1C(=O)CCC1=O)Cc1ccccc1O)Cc1ccccc1O. The molecule has 11 nitrogen and oxygen atoms in total. The summed E-state index contributed by atoms with van der Waals surface area (Å²) in [6, 6.07) is 13.2. The molecule has 3 N–H and O–H groups in total. The van der Waals surface area contributed by atoms with Crippen LogP contribution in [0.4, 0.5) is 0 Å². The summed E-state index contributed by atoms with van der Waals surface area (Å²) in [6.07, 6.45) is -0.0472. The summed E-state index contributed by atoms with van der Waals surface area (Å²) >= 11 is 0. The molecule has 11 heteroatoms. The molecule has 2 aromatic rings. The molecule has 1 saturated heterocycles. The minimum atomic E-state index is -1.06. The Morgan fingerprint density at radius 1 is 0.800 bits per heavy atom. The third-order valence-electron chi connectivity index (χ3n) is 5.41. The number of carboxylic acid groups (broad SMARTS) is 1. The maximum Gasteiger partial charge on any atom is 0.347 e. The molecular formula is C24H27N3O8. The molecule has 0 unspecified atom stereocenters. The second-order valence-electron chi connectivity index (χ2n) is 8.12. The van der Waals surface area contributed by atoms with E-state index >= 15 is 0 Å². The number of aliphatic carboxylic acids is 1. The quantitative estimate of drug-likeness (QED) is 0.373. The second-order valence-corrected chi connectivity index (χ2v) is 8.12. The molecule has 1 aliphatic heterocycles. The highest BCUT2D eigenvalue weighted by molar-refractivity contribution is 6.01. The largest absolute Gasteiger partial charge is 0.508 e. The molecule has 1 heterocycles. The Hall–Kier alpha value is -3.96. The number of hydrogen-bond donors (Lipinski definition) is 3. The number of aromatic hydroxyl groups is 2. The van der Waals surface area contributed by atoms with E-state index < -0.39 is 23.8 Å². The summed E-state index contributed by atoms with van der Waals surface area (Å²) in [7, 11) is 0. The minimum absolute atomic E-state index is 0.0207. The highest BCUT2D eigenvalue weighted by atomic mass is 16.7. The van der Waals surface area contributed by atoms with Crippen molar-refractivity contribution in [2.45, 2.75) is 25.9 Å². The first-order valence-corrected chi connectivity index (χ1v) is 11.0. The fourth-order valence-electron chi connectivity index (χ4n) is 3.64. The number of hydroxylamine groups is 2. The molecular weight excluding hydrogens is 458 g/mol. The number of amides is 2. The first kappa shape index (κ1) is 25.7. The van der Waals surface area contributed by atoms with E-state index in [0.717, 1.165) is 0 Å². The average molecular weight is 485 g/mol. The van der Waals surface area contributed by atoms with E-state index in [4.69, 9.17) is 4.84 Å². The zero-order chi connectivity index (χ0) is 25.4. The molecule has 3 rings (SSSR count). The van der Waals surface area contributed by atoms with Crippen LogP contribution in [-0.2, 0) is 37.1 Å². The summed E-state index contributed by atoms with van der Waals surface area (Å²) in [5.74, 6) is -3.02. The van der Waals surface area contributed by atoms with Gasteiger partial charge in [-0.05, 0) is 12.1 Å². The number of nitrogens with zero attached hydrogens (tertiary/aromatic N) is 3. The zero-order valence-corrected chi connectivity index (χ0v) is 19.0. The van der Waals surface area contributed by atoms with Crippen molar-refractivity contribution >= 4 is 23.8 Å². The van der Waals surface area contributed by atoms with E-state index in [9.17, 15) is 34.5 Å². The van der Waals surface area contributed by atoms with Crippen LogP contribution >= 0.6 is 0 Å². The number of carboxylic acids is 1. The molecule has 1 fully saturated rings. The molecule has 2 amide bonds. The Kier molecular flexibility index (Phi) is 8.76. The van der Waals surface area contributed by atoms with Crippen molar-refractivity contribution in [1.82, 2.24) is 14.9 Å². The molecule has 0 bridgehead atoms. The lowest BCUT2D eigenvalue weighted by atomic mass is 10.1. The molecule has 35 heavy (non-hydrogen) atoms. The van der Waals surface area contributed by atoms with Gasteiger partial charge < -0.3 is 20.2 Å². The van der Waals surface area contributed by atoms with Crippen LogP contribution in [0.1, 0.15) is 24.0 Å². The number of rotatable bonds is 12. The van der Waals surface area contributed by atoms with Gasteiger partial charge in [0.05, 0.1) is 13.1 Å². The maximum absolute atomic E-state index is 12.5. The van der Waals surface area contributed by atoms with Gasteiger partial charge in [-0.1, -0.05) is 36.4 Å². The Bertz CT molecular complexity index is 1070. The third-order valence-corrected chi connectivity index (χ3v) is 5.41. The number of para-hydroxylation sites is 2. The molecule has 0 aromatic heterocycles. The smallest absolute Gasteiger partial charge is 0.347 e. The van der Waals surface area contributed by atoms with E-state index in [1.54, 1.807) is 46.2 Å². The van der Waals surface area contributed by atoms with Crippen molar-refractivity contribution in [1.29, 1.82) is 0 Å². The predicted octanol–water partition coefficient (Wildman–Crippen LogP) is 1.09. The van der Waals surface area contributed by atoms with Crippen LogP contribution in [-0.4, -0.2) is 80.1 Å². The fraction of sp³-hybridized carbons (Fsp3) is 0.333. The topological polar surface area (TPSA) is 148 Å².